The van der Waals surface area contributed by atoms with Crippen molar-refractivity contribution in [2.45, 2.75) is 5.37 Å². The van der Waals surface area contributed by atoms with E-state index >= 15 is 0 Å². The molecule has 2 aromatic rings. The first-order valence-corrected chi connectivity index (χ1v) is 8.98. The molecule has 2 aliphatic rings. The number of nitrogens with one attached hydrogen (secondary N) is 1. The molecule has 7 heteroatoms. The summed E-state index contributed by atoms with van der Waals surface area (Å²) in [6.07, 6.45) is 0. The zero-order valence-corrected chi connectivity index (χ0v) is 14.3. The van der Waals surface area contributed by atoms with Crippen molar-refractivity contribution in [2.75, 3.05) is 24.4 Å². The molecule has 2 aromatic carbocycles. The molecule has 0 aliphatic carbocycles. The van der Waals surface area contributed by atoms with Crippen molar-refractivity contribution in [3.8, 4) is 11.5 Å². The van der Waals surface area contributed by atoms with Crippen LogP contribution in [0.5, 0.6) is 11.5 Å². The van der Waals surface area contributed by atoms with Gasteiger partial charge in [-0.3, -0.25) is 0 Å². The minimum absolute atomic E-state index is 0.0354. The lowest BCUT2D eigenvalue weighted by Gasteiger charge is -2.24. The smallest absolute Gasteiger partial charge is 0.323 e. The number of urea groups is 1. The van der Waals surface area contributed by atoms with Crippen LogP contribution in [0.4, 0.5) is 10.5 Å². The molecule has 0 aromatic heterocycles. The summed E-state index contributed by atoms with van der Waals surface area (Å²) in [6, 6.07) is 12.8. The Balaban J connectivity index is 1.52. The number of benzene rings is 2. The molecule has 4 rings (SSSR count). The Morgan fingerprint density at radius 1 is 1.17 bits per heavy atom. The van der Waals surface area contributed by atoms with Crippen LogP contribution in [-0.2, 0) is 0 Å². The highest BCUT2D eigenvalue weighted by Crippen LogP contribution is 2.42. The lowest BCUT2D eigenvalue weighted by Crippen LogP contribution is -2.34. The number of halogens is 1. The third-order valence-corrected chi connectivity index (χ3v) is 5.44. The van der Waals surface area contributed by atoms with Crippen molar-refractivity contribution in [1.29, 1.82) is 0 Å². The Kier molecular flexibility index (Phi) is 4.16. The van der Waals surface area contributed by atoms with Crippen LogP contribution in [0.2, 0.25) is 5.02 Å². The summed E-state index contributed by atoms with van der Waals surface area (Å²) in [4.78, 5) is 14.5. The lowest BCUT2D eigenvalue weighted by molar-refractivity contribution is 0.174. The van der Waals surface area contributed by atoms with Gasteiger partial charge in [0.25, 0.3) is 0 Å². The molecule has 1 fully saturated rings. The van der Waals surface area contributed by atoms with Crippen LogP contribution in [0.25, 0.3) is 0 Å². The van der Waals surface area contributed by atoms with E-state index < -0.39 is 0 Å². The molecule has 1 N–H and O–H groups in total. The molecule has 1 atom stereocenters. The van der Waals surface area contributed by atoms with Crippen molar-refractivity contribution in [3.63, 3.8) is 0 Å². The highest BCUT2D eigenvalue weighted by Gasteiger charge is 2.31. The second kappa shape index (κ2) is 6.45. The highest BCUT2D eigenvalue weighted by atomic mass is 35.5. The van der Waals surface area contributed by atoms with Gasteiger partial charge in [-0.1, -0.05) is 17.7 Å². The largest absolute Gasteiger partial charge is 0.454 e. The maximum absolute atomic E-state index is 12.6. The van der Waals surface area contributed by atoms with Gasteiger partial charge in [-0.25, -0.2) is 4.79 Å². The number of carbonyl (C=O) groups is 1. The normalized spacial score (nSPS) is 18.7. The van der Waals surface area contributed by atoms with E-state index in [1.165, 1.54) is 0 Å². The minimum atomic E-state index is -0.120. The van der Waals surface area contributed by atoms with E-state index in [0.717, 1.165) is 28.5 Å². The topological polar surface area (TPSA) is 50.8 Å². The van der Waals surface area contributed by atoms with E-state index in [9.17, 15) is 4.79 Å². The Bertz CT molecular complexity index is 769. The standard InChI is InChI=1S/C17H15ClN2O3S/c18-12-2-4-13(5-3-12)19-17(21)20-7-8-24-16(20)11-1-6-14-15(9-11)23-10-22-14/h1-6,9,16H,7-8,10H2,(H,19,21)/t16-/m0/s1. The van der Waals surface area contributed by atoms with Gasteiger partial charge < -0.3 is 19.7 Å². The van der Waals surface area contributed by atoms with Gasteiger partial charge in [0.05, 0.1) is 0 Å². The van der Waals surface area contributed by atoms with E-state index in [1.807, 2.05) is 23.1 Å². The second-order valence-corrected chi connectivity index (χ2v) is 7.09. The van der Waals surface area contributed by atoms with Gasteiger partial charge in [-0.2, -0.15) is 0 Å². The van der Waals surface area contributed by atoms with Crippen LogP contribution in [0.15, 0.2) is 42.5 Å². The highest BCUT2D eigenvalue weighted by molar-refractivity contribution is 7.99. The number of thioether (sulfide) groups is 1. The maximum Gasteiger partial charge on any atom is 0.323 e. The molecule has 1 saturated heterocycles. The maximum atomic E-state index is 12.6. The first kappa shape index (κ1) is 15.5. The van der Waals surface area contributed by atoms with E-state index in [4.69, 9.17) is 21.1 Å². The third kappa shape index (κ3) is 2.99. The third-order valence-electron chi connectivity index (χ3n) is 3.93. The number of fused-ring (bicyclic) bond motifs is 1. The fraction of sp³-hybridized carbons (Fsp3) is 0.235. The summed E-state index contributed by atoms with van der Waals surface area (Å²) in [5.41, 5.74) is 1.76. The summed E-state index contributed by atoms with van der Waals surface area (Å²) in [5.74, 6) is 2.38. The summed E-state index contributed by atoms with van der Waals surface area (Å²) < 4.78 is 10.8. The molecule has 5 nitrogen and oxygen atoms in total. The van der Waals surface area contributed by atoms with Crippen molar-refractivity contribution in [2.24, 2.45) is 0 Å². The zero-order valence-electron chi connectivity index (χ0n) is 12.7. The molecule has 0 unspecified atom stereocenters. The molecule has 0 bridgehead atoms. The SMILES string of the molecule is O=C(Nc1ccc(Cl)cc1)N1CCS[C@H]1c1ccc2c(c1)OCO2. The number of hydrogen-bond acceptors (Lipinski definition) is 4. The second-order valence-electron chi connectivity index (χ2n) is 5.47. The van der Waals surface area contributed by atoms with Gasteiger partial charge in [0.2, 0.25) is 6.79 Å². The molecule has 2 amide bonds. The van der Waals surface area contributed by atoms with Gasteiger partial charge in [-0.15, -0.1) is 11.8 Å². The zero-order chi connectivity index (χ0) is 16.5. The number of carbonyl (C=O) groups excluding carboxylic acids is 1. The monoisotopic (exact) mass is 362 g/mol. The molecular formula is C17H15ClN2O3S. The molecule has 124 valence electrons. The first-order valence-electron chi connectivity index (χ1n) is 7.55. The average Bonchev–Trinajstić information content (AvgIpc) is 3.25. The minimum Gasteiger partial charge on any atom is -0.454 e. The van der Waals surface area contributed by atoms with Crippen LogP contribution < -0.4 is 14.8 Å². The fourth-order valence-electron chi connectivity index (χ4n) is 2.75. The Morgan fingerprint density at radius 2 is 1.96 bits per heavy atom. The fourth-order valence-corrected chi connectivity index (χ4v) is 4.12. The van der Waals surface area contributed by atoms with Crippen LogP contribution in [0, 0.1) is 0 Å². The van der Waals surface area contributed by atoms with Crippen molar-refractivity contribution >= 4 is 35.1 Å². The lowest BCUT2D eigenvalue weighted by atomic mass is 10.2. The Labute approximate surface area is 148 Å². The Morgan fingerprint density at radius 3 is 2.79 bits per heavy atom. The van der Waals surface area contributed by atoms with E-state index in [2.05, 4.69) is 5.32 Å². The number of hydrogen-bond donors (Lipinski definition) is 1. The molecule has 0 spiro atoms. The van der Waals surface area contributed by atoms with Gasteiger partial charge in [0.15, 0.2) is 11.5 Å². The van der Waals surface area contributed by atoms with Crippen molar-refractivity contribution < 1.29 is 14.3 Å². The summed E-state index contributed by atoms with van der Waals surface area (Å²) in [7, 11) is 0. The number of nitrogens with zero attached hydrogens (tertiary/aromatic N) is 1. The summed E-state index contributed by atoms with van der Waals surface area (Å²) >= 11 is 7.61. The van der Waals surface area contributed by atoms with Crippen LogP contribution in [0.3, 0.4) is 0 Å². The van der Waals surface area contributed by atoms with Crippen molar-refractivity contribution in [1.82, 2.24) is 4.90 Å². The first-order chi connectivity index (χ1) is 11.7. The van der Waals surface area contributed by atoms with Gasteiger partial charge in [-0.05, 0) is 42.0 Å². The molecule has 2 heterocycles. The quantitative estimate of drug-likeness (QED) is 0.863. The summed E-state index contributed by atoms with van der Waals surface area (Å²) in [6.45, 7) is 0.945. The van der Waals surface area contributed by atoms with E-state index in [1.54, 1.807) is 36.0 Å². The van der Waals surface area contributed by atoms with Crippen LogP contribution in [-0.4, -0.2) is 30.0 Å². The molecule has 24 heavy (non-hydrogen) atoms. The van der Waals surface area contributed by atoms with Crippen LogP contribution >= 0.6 is 23.4 Å². The number of amides is 2. The van der Waals surface area contributed by atoms with Crippen molar-refractivity contribution in [3.05, 3.63) is 53.1 Å². The predicted molar refractivity (Wildman–Crippen MR) is 94.9 cm³/mol. The molecule has 2 aliphatic heterocycles. The van der Waals surface area contributed by atoms with E-state index in [-0.39, 0.29) is 18.2 Å². The van der Waals surface area contributed by atoms with Gasteiger partial charge in [0.1, 0.15) is 5.37 Å². The molecule has 0 saturated carbocycles. The number of anilines is 1. The molecular weight excluding hydrogens is 348 g/mol. The van der Waals surface area contributed by atoms with Gasteiger partial charge in [0, 0.05) is 23.0 Å². The Hall–Kier alpha value is -2.05. The average molecular weight is 363 g/mol. The van der Waals surface area contributed by atoms with Crippen LogP contribution in [0.1, 0.15) is 10.9 Å². The summed E-state index contributed by atoms with van der Waals surface area (Å²) in [5, 5.41) is 3.53. The molecule has 0 radical (unpaired) electrons. The van der Waals surface area contributed by atoms with Gasteiger partial charge >= 0.3 is 6.03 Å². The number of ether oxygens (including phenoxy) is 2. The predicted octanol–water partition coefficient (Wildman–Crippen LogP) is 4.35. The van der Waals surface area contributed by atoms with E-state index in [0.29, 0.717) is 11.6 Å². The number of rotatable bonds is 2.